The minimum Gasteiger partial charge on any atom is -0.310 e. The van der Waals surface area contributed by atoms with E-state index in [0.717, 1.165) is 83.9 Å². The Balaban J connectivity index is 0.935. The zero-order valence-corrected chi connectivity index (χ0v) is 61.8. The minimum atomic E-state index is -0.336. The molecule has 0 fully saturated rings. The largest absolute Gasteiger partial charge is 0.310 e. The van der Waals surface area contributed by atoms with Crippen LogP contribution in [0.4, 0.5) is 51.2 Å². The Morgan fingerprint density at radius 2 is 0.402 bits per heavy atom. The normalized spacial score (nSPS) is 14.5. The smallest absolute Gasteiger partial charge is 0.0620 e. The standard InChI is InChI=1S/C104H81N3/c1-101(2)91-36-22-18-32-79(91)83-56-52-76(61-95(83)101)105(72-46-40-69(41-47-72)66-26-12-9-13-27-66)75-55-59-86-88(60-75)100(107(74-50-44-71(45-51-74)68-30-16-11-17-31-68)78-54-58-85-81-34-20-24-38-93(81)103(5,6)97(85)63-78)89-64-87-82-35-21-25-39-94(82)104(7,8)98(87)65-90(89)99(86)106(73-48-42-70(43-49-73)67-28-14-10-15-29-67)77-53-57-84-80-33-19-23-37-92(80)102(3,4)96(84)62-77/h9-65H,1-8H3. The summed E-state index contributed by atoms with van der Waals surface area (Å²) >= 11 is 0. The van der Waals surface area contributed by atoms with Crippen molar-refractivity contribution in [1.82, 2.24) is 0 Å². The summed E-state index contributed by atoms with van der Waals surface area (Å²) in [4.78, 5) is 7.78. The van der Waals surface area contributed by atoms with E-state index in [1.165, 1.54) is 111 Å². The zero-order chi connectivity index (χ0) is 72.2. The lowest BCUT2D eigenvalue weighted by atomic mass is 9.81. The third-order valence-corrected chi connectivity index (χ3v) is 24.6. The van der Waals surface area contributed by atoms with Crippen molar-refractivity contribution in [2.75, 3.05) is 14.7 Å². The molecule has 16 aromatic carbocycles. The van der Waals surface area contributed by atoms with Crippen LogP contribution in [0.5, 0.6) is 0 Å². The van der Waals surface area contributed by atoms with Crippen molar-refractivity contribution in [1.29, 1.82) is 0 Å². The maximum Gasteiger partial charge on any atom is 0.0620 e. The summed E-state index contributed by atoms with van der Waals surface area (Å²) in [5.41, 5.74) is 36.5. The molecule has 20 rings (SSSR count). The van der Waals surface area contributed by atoms with E-state index in [1.54, 1.807) is 0 Å². The summed E-state index contributed by atoms with van der Waals surface area (Å²) in [5.74, 6) is 0. The van der Waals surface area contributed by atoms with E-state index >= 15 is 0 Å². The zero-order valence-electron chi connectivity index (χ0n) is 61.8. The van der Waals surface area contributed by atoms with Crippen LogP contribution in [0.25, 0.3) is 99.4 Å². The van der Waals surface area contributed by atoms with E-state index in [4.69, 9.17) is 0 Å². The van der Waals surface area contributed by atoms with Crippen LogP contribution in [0.1, 0.15) is 99.9 Å². The van der Waals surface area contributed by atoms with Crippen molar-refractivity contribution < 1.29 is 0 Å². The summed E-state index contributed by atoms with van der Waals surface area (Å²) in [6.07, 6.45) is 0. The van der Waals surface area contributed by atoms with Crippen LogP contribution < -0.4 is 14.7 Å². The van der Waals surface area contributed by atoms with Gasteiger partial charge in [-0.15, -0.1) is 0 Å². The van der Waals surface area contributed by atoms with Crippen LogP contribution >= 0.6 is 0 Å². The quantitative estimate of drug-likeness (QED) is 0.0892. The van der Waals surface area contributed by atoms with Crippen LogP contribution in [0.2, 0.25) is 0 Å². The number of fused-ring (bicyclic) bond motifs is 14. The molecular weight excluding hydrogens is 1290 g/mol. The average Bonchev–Trinajstić information content (AvgIpc) is 1.69. The third kappa shape index (κ3) is 9.86. The highest BCUT2D eigenvalue weighted by Crippen LogP contribution is 2.60. The summed E-state index contributed by atoms with van der Waals surface area (Å²) in [7, 11) is 0. The van der Waals surface area contributed by atoms with Crippen molar-refractivity contribution in [3.05, 3.63) is 390 Å². The molecule has 4 aliphatic carbocycles. The molecule has 3 heteroatoms. The predicted octanol–water partition coefficient (Wildman–Crippen LogP) is 28.6. The molecule has 0 spiro atoms. The molecule has 0 heterocycles. The number of hydrogen-bond donors (Lipinski definition) is 0. The van der Waals surface area contributed by atoms with Crippen LogP contribution in [-0.2, 0) is 21.7 Å². The van der Waals surface area contributed by atoms with Crippen LogP contribution in [0, 0.1) is 0 Å². The van der Waals surface area contributed by atoms with Crippen molar-refractivity contribution >= 4 is 72.7 Å². The molecule has 0 aliphatic heterocycles. The molecule has 0 aromatic heterocycles. The Kier molecular flexibility index (Phi) is 14.4. The van der Waals surface area contributed by atoms with Gasteiger partial charge in [0.25, 0.3) is 0 Å². The van der Waals surface area contributed by atoms with Crippen molar-refractivity contribution in [2.45, 2.75) is 77.0 Å². The maximum atomic E-state index is 2.63. The molecule has 107 heavy (non-hydrogen) atoms. The van der Waals surface area contributed by atoms with Crippen molar-refractivity contribution in [3.8, 4) is 77.9 Å². The van der Waals surface area contributed by atoms with Gasteiger partial charge >= 0.3 is 0 Å². The SMILES string of the molecule is CC1(C)c2ccccc2-c2ccc(N(c3ccc(-c4ccccc4)cc3)c3ccc4c(N(c5ccc(-c6ccccc6)cc5)c5ccc6c(c5)C(C)(C)c5ccccc5-6)c5cc6c(cc5c(N(c5ccc(-c7ccccc7)cc5)c5ccc7c(c5)C(C)(C)c5ccccc5-7)c4c3)-c3ccccc3C6(C)C)cc21. The molecule has 16 aromatic rings. The molecule has 512 valence electrons. The predicted molar refractivity (Wildman–Crippen MR) is 452 cm³/mol. The summed E-state index contributed by atoms with van der Waals surface area (Å²) in [5, 5.41) is 4.51. The summed E-state index contributed by atoms with van der Waals surface area (Å²) < 4.78 is 0. The number of hydrogen-bond acceptors (Lipinski definition) is 3. The van der Waals surface area contributed by atoms with Gasteiger partial charge in [-0.2, -0.15) is 0 Å². The lowest BCUT2D eigenvalue weighted by Crippen LogP contribution is -2.19. The molecule has 0 unspecified atom stereocenters. The molecule has 0 radical (unpaired) electrons. The van der Waals surface area contributed by atoms with E-state index in [1.807, 2.05) is 0 Å². The van der Waals surface area contributed by atoms with Gasteiger partial charge in [0.1, 0.15) is 0 Å². The second kappa shape index (κ2) is 24.0. The monoisotopic (exact) mass is 1370 g/mol. The maximum absolute atomic E-state index is 2.63. The van der Waals surface area contributed by atoms with E-state index in [9.17, 15) is 0 Å². The van der Waals surface area contributed by atoms with Gasteiger partial charge in [-0.05, 0) is 219 Å². The van der Waals surface area contributed by atoms with Gasteiger partial charge in [0.2, 0.25) is 0 Å². The van der Waals surface area contributed by atoms with Gasteiger partial charge in [-0.1, -0.05) is 304 Å². The number of rotatable bonds is 12. The van der Waals surface area contributed by atoms with Crippen molar-refractivity contribution in [2.24, 2.45) is 0 Å². The Morgan fingerprint density at radius 1 is 0.159 bits per heavy atom. The Hall–Kier alpha value is -12.6. The molecule has 0 bridgehead atoms. The van der Waals surface area contributed by atoms with E-state index in [-0.39, 0.29) is 21.7 Å². The fourth-order valence-corrected chi connectivity index (χ4v) is 19.0. The van der Waals surface area contributed by atoms with Gasteiger partial charge in [0, 0.05) is 83.0 Å². The molecule has 4 aliphatic rings. The van der Waals surface area contributed by atoms with Crippen LogP contribution in [0.3, 0.4) is 0 Å². The van der Waals surface area contributed by atoms with E-state index < -0.39 is 0 Å². The molecule has 0 saturated carbocycles. The highest BCUT2D eigenvalue weighted by molar-refractivity contribution is 6.25. The van der Waals surface area contributed by atoms with Gasteiger partial charge in [-0.3, -0.25) is 0 Å². The summed E-state index contributed by atoms with van der Waals surface area (Å²) in [6, 6.07) is 131. The van der Waals surface area contributed by atoms with Crippen molar-refractivity contribution in [3.63, 3.8) is 0 Å². The number of nitrogens with zero attached hydrogens (tertiary/aromatic N) is 3. The third-order valence-electron chi connectivity index (χ3n) is 24.6. The average molecular weight is 1370 g/mol. The van der Waals surface area contributed by atoms with Gasteiger partial charge < -0.3 is 14.7 Å². The first kappa shape index (κ1) is 64.1. The van der Waals surface area contributed by atoms with E-state index in [2.05, 4.69) is 416 Å². The van der Waals surface area contributed by atoms with Crippen LogP contribution in [-0.4, -0.2) is 0 Å². The Bertz CT molecular complexity index is 6280. The van der Waals surface area contributed by atoms with Gasteiger partial charge in [0.05, 0.1) is 11.4 Å². The molecule has 0 atom stereocenters. The van der Waals surface area contributed by atoms with Gasteiger partial charge in [-0.25, -0.2) is 0 Å². The second-order valence-corrected chi connectivity index (χ2v) is 32.0. The molecule has 3 nitrogen and oxygen atoms in total. The molecule has 0 saturated heterocycles. The Morgan fingerprint density at radius 3 is 0.776 bits per heavy atom. The first-order valence-corrected chi connectivity index (χ1v) is 37.9. The number of anilines is 9. The molecule has 0 N–H and O–H groups in total. The van der Waals surface area contributed by atoms with Crippen LogP contribution in [0.15, 0.2) is 346 Å². The first-order valence-electron chi connectivity index (χ1n) is 37.9. The fraction of sp³-hybridized carbons (Fsp3) is 0.115. The van der Waals surface area contributed by atoms with Gasteiger partial charge in [0.15, 0.2) is 0 Å². The minimum absolute atomic E-state index is 0.247. The fourth-order valence-electron chi connectivity index (χ4n) is 19.0. The summed E-state index contributed by atoms with van der Waals surface area (Å²) in [6.45, 7) is 19.3. The lowest BCUT2D eigenvalue weighted by molar-refractivity contribution is 0.660. The molecule has 0 amide bonds. The highest BCUT2D eigenvalue weighted by Gasteiger charge is 2.42. The second-order valence-electron chi connectivity index (χ2n) is 32.0. The molecular formula is C104H81N3. The number of benzene rings is 16. The lowest BCUT2D eigenvalue weighted by Gasteiger charge is -2.35. The van der Waals surface area contributed by atoms with E-state index in [0.29, 0.717) is 0 Å². The topological polar surface area (TPSA) is 9.72 Å². The highest BCUT2D eigenvalue weighted by atomic mass is 15.2. The first-order chi connectivity index (χ1) is 52.1. The Labute approximate surface area is 628 Å².